The Hall–Kier alpha value is -7.57. The summed E-state index contributed by atoms with van der Waals surface area (Å²) >= 11 is 0. The lowest BCUT2D eigenvalue weighted by molar-refractivity contribution is 0.706. The first-order valence-electron chi connectivity index (χ1n) is 19.4. The van der Waals surface area contributed by atoms with Crippen LogP contribution in [0.3, 0.4) is 0 Å². The first kappa shape index (κ1) is 31.7. The maximum absolute atomic E-state index is 5.03. The van der Waals surface area contributed by atoms with E-state index in [2.05, 4.69) is 166 Å². The van der Waals surface area contributed by atoms with Gasteiger partial charge >= 0.3 is 0 Å². The number of hydrogen-bond acceptors (Lipinski definition) is 4. The smallest absolute Gasteiger partial charge is 0.146 e. The number of rotatable bonds is 5. The minimum atomic E-state index is -0.666. The first-order valence-corrected chi connectivity index (χ1v) is 19.4. The van der Waals surface area contributed by atoms with Crippen molar-refractivity contribution in [1.29, 1.82) is 0 Å². The highest BCUT2D eigenvalue weighted by atomic mass is 15.2. The Morgan fingerprint density at radius 1 is 0.491 bits per heavy atom. The molecule has 12 rings (SSSR count). The summed E-state index contributed by atoms with van der Waals surface area (Å²) in [7, 11) is 0. The predicted molar refractivity (Wildman–Crippen MR) is 231 cm³/mol. The second kappa shape index (κ2) is 12.2. The molecule has 6 nitrogen and oxygen atoms in total. The van der Waals surface area contributed by atoms with Crippen LogP contribution in [0.5, 0.6) is 0 Å². The van der Waals surface area contributed by atoms with E-state index in [4.69, 9.17) is 15.0 Å². The lowest BCUT2D eigenvalue weighted by atomic mass is 9.72. The van der Waals surface area contributed by atoms with Crippen molar-refractivity contribution in [2.45, 2.75) is 5.41 Å². The Labute approximate surface area is 329 Å². The predicted octanol–water partition coefficient (Wildman–Crippen LogP) is 11.4. The Kier molecular flexibility index (Phi) is 6.81. The SMILES string of the molecule is C1=Cc2c(n(-c3ccc(-c4ccc(-n5c6ccccc6c6cc7c(cc65)-c5ccccc5C7(c5ccccn5)c5ccccn5)cc4)cc3)c3ncccc23)NC1. The van der Waals surface area contributed by atoms with Crippen LogP contribution in [0.25, 0.3) is 72.5 Å². The molecular formula is C51H34N6. The van der Waals surface area contributed by atoms with Gasteiger partial charge in [0.1, 0.15) is 16.9 Å². The van der Waals surface area contributed by atoms with Crippen molar-refractivity contribution < 1.29 is 0 Å². The Bertz CT molecular complexity index is 3170. The van der Waals surface area contributed by atoms with Crippen molar-refractivity contribution >= 4 is 44.7 Å². The maximum Gasteiger partial charge on any atom is 0.146 e. The van der Waals surface area contributed by atoms with E-state index in [-0.39, 0.29) is 0 Å². The molecule has 0 radical (unpaired) electrons. The molecule has 10 aromatic rings. The van der Waals surface area contributed by atoms with E-state index in [0.717, 1.165) is 57.3 Å². The molecule has 0 spiro atoms. The molecule has 268 valence electrons. The second-order valence-corrected chi connectivity index (χ2v) is 14.8. The van der Waals surface area contributed by atoms with Gasteiger partial charge in [-0.2, -0.15) is 0 Å². The fourth-order valence-corrected chi connectivity index (χ4v) is 9.54. The average molecular weight is 731 g/mol. The monoisotopic (exact) mass is 730 g/mol. The zero-order valence-corrected chi connectivity index (χ0v) is 30.8. The standard InChI is InChI=1S/C51H34N6/c1-3-15-43-37(11-1)41-32-46-42(31-44(41)51(43,47-17-5-7-27-52-47)48-18-6-8-28-53-48)38-12-2-4-16-45(38)56(46)35-23-19-33(20-24-35)34-21-25-36(26-22-34)57-49-39(13-9-29-54-49)40-14-10-30-55-50(40)57/h1-29,31-32,55H,30H2. The molecule has 5 aromatic carbocycles. The average Bonchev–Trinajstić information content (AvgIpc) is 3.90. The molecule has 6 heterocycles. The third kappa shape index (κ3) is 4.49. The summed E-state index contributed by atoms with van der Waals surface area (Å²) in [6.07, 6.45) is 10.0. The summed E-state index contributed by atoms with van der Waals surface area (Å²) in [6.45, 7) is 0.798. The molecule has 0 atom stereocenters. The van der Waals surface area contributed by atoms with Gasteiger partial charge in [0.2, 0.25) is 0 Å². The van der Waals surface area contributed by atoms with Crippen molar-refractivity contribution in [3.63, 3.8) is 0 Å². The van der Waals surface area contributed by atoms with Crippen LogP contribution in [0, 0.1) is 0 Å². The van der Waals surface area contributed by atoms with Crippen LogP contribution in [-0.2, 0) is 5.41 Å². The number of para-hydroxylation sites is 1. The molecule has 6 heteroatoms. The van der Waals surface area contributed by atoms with Crippen LogP contribution in [0.1, 0.15) is 28.1 Å². The Morgan fingerprint density at radius 3 is 1.88 bits per heavy atom. The molecule has 1 aliphatic carbocycles. The van der Waals surface area contributed by atoms with Crippen molar-refractivity contribution in [2.75, 3.05) is 11.9 Å². The van der Waals surface area contributed by atoms with Crippen LogP contribution in [0.4, 0.5) is 5.82 Å². The molecule has 0 saturated heterocycles. The molecule has 0 saturated carbocycles. The Balaban J connectivity index is 0.995. The number of benzene rings is 5. The number of anilines is 1. The van der Waals surface area contributed by atoms with Gasteiger partial charge in [0, 0.05) is 58.2 Å². The molecule has 57 heavy (non-hydrogen) atoms. The number of hydrogen-bond donors (Lipinski definition) is 1. The van der Waals surface area contributed by atoms with Gasteiger partial charge in [0.25, 0.3) is 0 Å². The maximum atomic E-state index is 5.03. The molecule has 1 aliphatic heterocycles. The van der Waals surface area contributed by atoms with Crippen molar-refractivity contribution in [3.8, 4) is 33.6 Å². The summed E-state index contributed by atoms with van der Waals surface area (Å²) in [6, 6.07) is 56.7. The normalized spacial score (nSPS) is 13.8. The van der Waals surface area contributed by atoms with E-state index in [1.165, 1.54) is 49.6 Å². The van der Waals surface area contributed by atoms with E-state index in [1.54, 1.807) is 0 Å². The zero-order chi connectivity index (χ0) is 37.5. The third-order valence-electron chi connectivity index (χ3n) is 12.0. The van der Waals surface area contributed by atoms with E-state index >= 15 is 0 Å². The van der Waals surface area contributed by atoms with Crippen LogP contribution in [-0.4, -0.2) is 30.6 Å². The van der Waals surface area contributed by atoms with Gasteiger partial charge in [-0.1, -0.05) is 91.0 Å². The molecular weight excluding hydrogens is 697 g/mol. The quantitative estimate of drug-likeness (QED) is 0.192. The van der Waals surface area contributed by atoms with Crippen LogP contribution < -0.4 is 5.32 Å². The summed E-state index contributed by atoms with van der Waals surface area (Å²) in [4.78, 5) is 14.8. The zero-order valence-electron chi connectivity index (χ0n) is 30.8. The number of nitrogens with zero attached hydrogens (tertiary/aromatic N) is 5. The van der Waals surface area contributed by atoms with E-state index < -0.39 is 5.41 Å². The van der Waals surface area contributed by atoms with Gasteiger partial charge in [-0.3, -0.25) is 14.5 Å². The summed E-state index contributed by atoms with van der Waals surface area (Å²) in [5.41, 5.74) is 15.1. The topological polar surface area (TPSA) is 60.6 Å². The van der Waals surface area contributed by atoms with E-state index in [1.807, 2.05) is 36.8 Å². The summed E-state index contributed by atoms with van der Waals surface area (Å²) in [5, 5.41) is 7.14. The fourth-order valence-electron chi connectivity index (χ4n) is 9.54. The second-order valence-electron chi connectivity index (χ2n) is 14.8. The van der Waals surface area contributed by atoms with Crippen LogP contribution >= 0.6 is 0 Å². The summed E-state index contributed by atoms with van der Waals surface area (Å²) < 4.78 is 4.64. The van der Waals surface area contributed by atoms with Gasteiger partial charge < -0.3 is 9.88 Å². The van der Waals surface area contributed by atoms with E-state index in [9.17, 15) is 0 Å². The number of nitrogens with one attached hydrogen (secondary N) is 1. The highest BCUT2D eigenvalue weighted by Gasteiger charge is 2.48. The summed E-state index contributed by atoms with van der Waals surface area (Å²) in [5.74, 6) is 1.09. The van der Waals surface area contributed by atoms with Crippen molar-refractivity contribution in [2.24, 2.45) is 0 Å². The lowest BCUT2D eigenvalue weighted by Gasteiger charge is -2.31. The molecule has 1 N–H and O–H groups in total. The minimum absolute atomic E-state index is 0.666. The van der Waals surface area contributed by atoms with Crippen molar-refractivity contribution in [1.82, 2.24) is 24.1 Å². The largest absolute Gasteiger partial charge is 0.367 e. The Morgan fingerprint density at radius 2 is 1.14 bits per heavy atom. The van der Waals surface area contributed by atoms with Gasteiger partial charge in [0.15, 0.2) is 0 Å². The highest BCUT2D eigenvalue weighted by Crippen LogP contribution is 2.56. The van der Waals surface area contributed by atoms with Crippen LogP contribution in [0.15, 0.2) is 182 Å². The minimum Gasteiger partial charge on any atom is -0.367 e. The molecule has 0 bridgehead atoms. The molecule has 2 aliphatic rings. The first-order chi connectivity index (χ1) is 28.3. The molecule has 0 amide bonds. The number of fused-ring (bicyclic) bond motifs is 9. The number of aromatic nitrogens is 5. The van der Waals surface area contributed by atoms with Gasteiger partial charge in [-0.05, 0) is 112 Å². The molecule has 5 aromatic heterocycles. The lowest BCUT2D eigenvalue weighted by Crippen LogP contribution is -2.30. The fraction of sp³-hybridized carbons (Fsp3) is 0.0392. The van der Waals surface area contributed by atoms with Crippen LogP contribution in [0.2, 0.25) is 0 Å². The number of pyridine rings is 3. The third-order valence-corrected chi connectivity index (χ3v) is 12.0. The molecule has 0 unspecified atom stereocenters. The highest BCUT2D eigenvalue weighted by molar-refractivity contribution is 6.12. The van der Waals surface area contributed by atoms with Gasteiger partial charge in [-0.15, -0.1) is 0 Å². The van der Waals surface area contributed by atoms with Gasteiger partial charge in [0.05, 0.1) is 22.4 Å². The molecule has 0 fully saturated rings. The van der Waals surface area contributed by atoms with Crippen molar-refractivity contribution in [3.05, 3.63) is 210 Å². The van der Waals surface area contributed by atoms with Gasteiger partial charge in [-0.25, -0.2) is 4.98 Å². The van der Waals surface area contributed by atoms with E-state index in [0.29, 0.717) is 0 Å².